The first-order chi connectivity index (χ1) is 9.24. The van der Waals surface area contributed by atoms with E-state index < -0.39 is 0 Å². The molecule has 0 bridgehead atoms. The highest BCUT2D eigenvalue weighted by molar-refractivity contribution is 5.75. The number of nitrogens with zero attached hydrogens (tertiary/aromatic N) is 4. The Morgan fingerprint density at radius 2 is 1.95 bits per heavy atom. The predicted molar refractivity (Wildman–Crippen MR) is 73.8 cm³/mol. The van der Waals surface area contributed by atoms with Gasteiger partial charge in [0.05, 0.1) is 0 Å². The summed E-state index contributed by atoms with van der Waals surface area (Å²) in [7, 11) is 0. The second kappa shape index (κ2) is 6.30. The van der Waals surface area contributed by atoms with Crippen LogP contribution < -0.4 is 5.32 Å². The molecule has 100 valence electrons. The zero-order chi connectivity index (χ0) is 13.7. The number of nitriles is 1. The second-order valence-corrected chi connectivity index (χ2v) is 4.84. The van der Waals surface area contributed by atoms with Crippen LogP contribution in [0.15, 0.2) is 24.2 Å². The first-order valence-corrected chi connectivity index (χ1v) is 6.61. The molecule has 0 atom stereocenters. The minimum atomic E-state index is 0.275. The van der Waals surface area contributed by atoms with E-state index in [0.29, 0.717) is 11.4 Å². The monoisotopic (exact) mass is 257 g/mol. The zero-order valence-corrected chi connectivity index (χ0v) is 11.4. The molecule has 2 heterocycles. The van der Waals surface area contributed by atoms with Crippen LogP contribution in [0, 0.1) is 17.2 Å². The van der Waals surface area contributed by atoms with Gasteiger partial charge in [-0.3, -0.25) is 0 Å². The highest BCUT2D eigenvalue weighted by atomic mass is 15.2. The summed E-state index contributed by atoms with van der Waals surface area (Å²) in [5.41, 5.74) is 1.65. The molecule has 1 fully saturated rings. The number of nitrogens with one attached hydrogen (secondary N) is 1. The third kappa shape index (κ3) is 3.09. The molecule has 2 rings (SSSR count). The van der Waals surface area contributed by atoms with Crippen molar-refractivity contribution in [2.75, 3.05) is 26.2 Å². The highest BCUT2D eigenvalue weighted by Gasteiger charge is 2.22. The van der Waals surface area contributed by atoms with Crippen molar-refractivity contribution in [2.24, 2.45) is 5.92 Å². The Labute approximate surface area is 114 Å². The van der Waals surface area contributed by atoms with Gasteiger partial charge < -0.3 is 10.2 Å². The molecule has 1 aliphatic rings. The average molecular weight is 257 g/mol. The molecular formula is C14H19N5. The molecule has 1 aromatic heterocycles. The lowest BCUT2D eigenvalue weighted by molar-refractivity contribution is 0.277. The SMILES string of the molecule is CC(C)C(=C(C#N)c1ncccn1)N1CCNCC1. The van der Waals surface area contributed by atoms with Crippen molar-refractivity contribution in [2.45, 2.75) is 13.8 Å². The average Bonchev–Trinajstić information content (AvgIpc) is 2.46. The van der Waals surface area contributed by atoms with Crippen LogP contribution in [0.3, 0.4) is 0 Å². The largest absolute Gasteiger partial charge is 0.371 e. The van der Waals surface area contributed by atoms with Gasteiger partial charge in [0.2, 0.25) is 0 Å². The van der Waals surface area contributed by atoms with Crippen molar-refractivity contribution >= 4 is 5.57 Å². The van der Waals surface area contributed by atoms with E-state index in [9.17, 15) is 5.26 Å². The van der Waals surface area contributed by atoms with Gasteiger partial charge in [-0.25, -0.2) is 9.97 Å². The van der Waals surface area contributed by atoms with E-state index in [1.807, 2.05) is 0 Å². The van der Waals surface area contributed by atoms with Gasteiger partial charge >= 0.3 is 0 Å². The Bertz CT molecular complexity index is 480. The molecule has 0 amide bonds. The standard InChI is InChI=1S/C14H19N5/c1-11(2)13(19-8-6-16-7-9-19)12(10-15)14-17-4-3-5-18-14/h3-5,11,16H,6-9H2,1-2H3. The van der Waals surface area contributed by atoms with E-state index in [2.05, 4.69) is 40.1 Å². The van der Waals surface area contributed by atoms with E-state index in [1.54, 1.807) is 18.5 Å². The minimum absolute atomic E-state index is 0.275. The molecule has 0 aromatic carbocycles. The Hall–Kier alpha value is -1.93. The molecule has 0 spiro atoms. The Morgan fingerprint density at radius 3 is 2.47 bits per heavy atom. The van der Waals surface area contributed by atoms with Crippen molar-refractivity contribution in [3.63, 3.8) is 0 Å². The molecule has 0 radical (unpaired) electrons. The van der Waals surface area contributed by atoms with Crippen molar-refractivity contribution in [1.82, 2.24) is 20.2 Å². The summed E-state index contributed by atoms with van der Waals surface area (Å²) >= 11 is 0. The maximum Gasteiger partial charge on any atom is 0.171 e. The van der Waals surface area contributed by atoms with Gasteiger partial charge in [0.1, 0.15) is 11.6 Å². The van der Waals surface area contributed by atoms with Crippen LogP contribution in [-0.4, -0.2) is 41.0 Å². The lowest BCUT2D eigenvalue weighted by atomic mass is 10.0. The van der Waals surface area contributed by atoms with Gasteiger partial charge in [0.25, 0.3) is 0 Å². The predicted octanol–water partition coefficient (Wildman–Crippen LogP) is 1.27. The van der Waals surface area contributed by atoms with Crippen LogP contribution >= 0.6 is 0 Å². The summed E-state index contributed by atoms with van der Waals surface area (Å²) in [6.07, 6.45) is 3.35. The second-order valence-electron chi connectivity index (χ2n) is 4.84. The Balaban J connectivity index is 2.44. The fourth-order valence-corrected chi connectivity index (χ4v) is 2.37. The number of hydrogen-bond acceptors (Lipinski definition) is 5. The number of hydrogen-bond donors (Lipinski definition) is 1. The normalized spacial score (nSPS) is 17.1. The summed E-state index contributed by atoms with van der Waals surface area (Å²) in [6, 6.07) is 4.05. The van der Waals surface area contributed by atoms with Crippen LogP contribution in [0.4, 0.5) is 0 Å². The lowest BCUT2D eigenvalue weighted by Crippen LogP contribution is -2.44. The zero-order valence-electron chi connectivity index (χ0n) is 11.4. The molecule has 0 aliphatic carbocycles. The molecular weight excluding hydrogens is 238 g/mol. The van der Waals surface area contributed by atoms with Gasteiger partial charge in [-0.05, 0) is 12.0 Å². The summed E-state index contributed by atoms with van der Waals surface area (Å²) in [5, 5.41) is 12.8. The number of rotatable bonds is 3. The Morgan fingerprint density at radius 1 is 1.32 bits per heavy atom. The van der Waals surface area contributed by atoms with Crippen LogP contribution in [-0.2, 0) is 0 Å². The molecule has 5 nitrogen and oxygen atoms in total. The maximum absolute atomic E-state index is 9.50. The first kappa shape index (κ1) is 13.5. The first-order valence-electron chi connectivity index (χ1n) is 6.61. The number of piperazine rings is 1. The number of aromatic nitrogens is 2. The number of allylic oxidation sites excluding steroid dienone is 2. The maximum atomic E-state index is 9.50. The van der Waals surface area contributed by atoms with Gasteiger partial charge in [0, 0.05) is 44.3 Å². The molecule has 5 heteroatoms. The van der Waals surface area contributed by atoms with E-state index >= 15 is 0 Å². The van der Waals surface area contributed by atoms with Crippen LogP contribution in [0.1, 0.15) is 19.7 Å². The molecule has 1 saturated heterocycles. The molecule has 1 N–H and O–H groups in total. The molecule has 0 saturated carbocycles. The van der Waals surface area contributed by atoms with E-state index in [4.69, 9.17) is 0 Å². The van der Waals surface area contributed by atoms with Crippen molar-refractivity contribution < 1.29 is 0 Å². The molecule has 19 heavy (non-hydrogen) atoms. The van der Waals surface area contributed by atoms with Crippen molar-refractivity contribution in [3.8, 4) is 6.07 Å². The van der Waals surface area contributed by atoms with Crippen LogP contribution in [0.2, 0.25) is 0 Å². The van der Waals surface area contributed by atoms with E-state index in [1.165, 1.54) is 0 Å². The van der Waals surface area contributed by atoms with Crippen LogP contribution in [0.25, 0.3) is 5.57 Å². The topological polar surface area (TPSA) is 64.8 Å². The van der Waals surface area contributed by atoms with Gasteiger partial charge in [-0.1, -0.05) is 13.8 Å². The third-order valence-corrected chi connectivity index (χ3v) is 3.16. The fourth-order valence-electron chi connectivity index (χ4n) is 2.37. The molecule has 1 aromatic rings. The Kier molecular flexibility index (Phi) is 4.48. The van der Waals surface area contributed by atoms with Crippen molar-refractivity contribution in [3.05, 3.63) is 30.0 Å². The van der Waals surface area contributed by atoms with Crippen LogP contribution in [0.5, 0.6) is 0 Å². The summed E-state index contributed by atoms with van der Waals surface area (Å²) in [4.78, 5) is 10.7. The summed E-state index contributed by atoms with van der Waals surface area (Å²) in [6.45, 7) is 7.96. The van der Waals surface area contributed by atoms with Crippen molar-refractivity contribution in [1.29, 1.82) is 5.26 Å². The van der Waals surface area contributed by atoms with E-state index in [-0.39, 0.29) is 5.92 Å². The fraction of sp³-hybridized carbons (Fsp3) is 0.500. The van der Waals surface area contributed by atoms with Gasteiger partial charge in [-0.15, -0.1) is 0 Å². The smallest absolute Gasteiger partial charge is 0.171 e. The van der Waals surface area contributed by atoms with Gasteiger partial charge in [0.15, 0.2) is 5.82 Å². The van der Waals surface area contributed by atoms with E-state index in [0.717, 1.165) is 31.9 Å². The summed E-state index contributed by atoms with van der Waals surface area (Å²) in [5.74, 6) is 0.795. The lowest BCUT2D eigenvalue weighted by Gasteiger charge is -2.34. The highest BCUT2D eigenvalue weighted by Crippen LogP contribution is 2.24. The quantitative estimate of drug-likeness (QED) is 0.826. The molecule has 1 aliphatic heterocycles. The molecule has 0 unspecified atom stereocenters. The van der Waals surface area contributed by atoms with Gasteiger partial charge in [-0.2, -0.15) is 5.26 Å². The summed E-state index contributed by atoms with van der Waals surface area (Å²) < 4.78 is 0. The minimum Gasteiger partial charge on any atom is -0.371 e. The third-order valence-electron chi connectivity index (χ3n) is 3.16.